The second-order valence-corrected chi connectivity index (χ2v) is 8.00. The van der Waals surface area contributed by atoms with E-state index in [9.17, 15) is 8.42 Å². The van der Waals surface area contributed by atoms with Gasteiger partial charge < -0.3 is 9.47 Å². The van der Waals surface area contributed by atoms with Crippen LogP contribution in [0.2, 0.25) is 0 Å². The van der Waals surface area contributed by atoms with E-state index in [-0.39, 0.29) is 5.75 Å². The van der Waals surface area contributed by atoms with Crippen molar-refractivity contribution < 1.29 is 17.9 Å². The molecule has 0 aromatic heterocycles. The molecule has 0 saturated carbocycles. The second-order valence-electron chi connectivity index (χ2n) is 5.33. The highest BCUT2D eigenvalue weighted by atomic mass is 79.9. The minimum atomic E-state index is -3.50. The molecule has 0 fully saturated rings. The minimum absolute atomic E-state index is 0.0864. The van der Waals surface area contributed by atoms with Crippen LogP contribution in [-0.4, -0.2) is 22.6 Å². The monoisotopic (exact) mass is 413 g/mol. The average molecular weight is 414 g/mol. The maximum atomic E-state index is 12.4. The Morgan fingerprint density at radius 1 is 1.08 bits per heavy atom. The maximum absolute atomic E-state index is 12.4. The first-order valence-electron chi connectivity index (χ1n) is 7.31. The maximum Gasteiger partial charge on any atom is 0.216 e. The van der Waals surface area contributed by atoms with E-state index in [0.717, 1.165) is 15.6 Å². The zero-order chi connectivity index (χ0) is 17.7. The lowest BCUT2D eigenvalue weighted by Crippen LogP contribution is -2.28. The van der Waals surface area contributed by atoms with Gasteiger partial charge in [0.05, 0.1) is 20.0 Å². The predicted octanol–water partition coefficient (Wildman–Crippen LogP) is 3.65. The first-order valence-corrected chi connectivity index (χ1v) is 9.75. The Hall–Kier alpha value is -1.57. The van der Waals surface area contributed by atoms with Crippen molar-refractivity contribution in [1.82, 2.24) is 4.72 Å². The first-order chi connectivity index (χ1) is 11.3. The largest absolute Gasteiger partial charge is 0.497 e. The van der Waals surface area contributed by atoms with Crippen molar-refractivity contribution in [2.75, 3.05) is 14.2 Å². The third-order valence-corrected chi connectivity index (χ3v) is 5.48. The molecule has 0 bridgehead atoms. The summed E-state index contributed by atoms with van der Waals surface area (Å²) in [6.07, 6.45) is 0. The summed E-state index contributed by atoms with van der Waals surface area (Å²) in [5.74, 6) is 1.16. The Morgan fingerprint density at radius 2 is 1.75 bits per heavy atom. The molecule has 0 amide bonds. The molecule has 0 heterocycles. The number of methoxy groups -OCH3 is 2. The zero-order valence-corrected chi connectivity index (χ0v) is 16.1. The van der Waals surface area contributed by atoms with E-state index in [1.807, 2.05) is 12.1 Å². The van der Waals surface area contributed by atoms with Gasteiger partial charge in [-0.05, 0) is 42.8 Å². The molecule has 0 spiro atoms. The van der Waals surface area contributed by atoms with Crippen LogP contribution < -0.4 is 14.2 Å². The molecule has 5 nitrogen and oxygen atoms in total. The number of hydrogen-bond donors (Lipinski definition) is 1. The van der Waals surface area contributed by atoms with E-state index in [2.05, 4.69) is 20.7 Å². The van der Waals surface area contributed by atoms with Gasteiger partial charge in [-0.25, -0.2) is 13.1 Å². The van der Waals surface area contributed by atoms with Gasteiger partial charge in [-0.3, -0.25) is 0 Å². The van der Waals surface area contributed by atoms with Crippen molar-refractivity contribution in [3.05, 3.63) is 58.1 Å². The van der Waals surface area contributed by atoms with Crippen molar-refractivity contribution in [2.45, 2.75) is 18.7 Å². The van der Waals surface area contributed by atoms with E-state index in [0.29, 0.717) is 11.5 Å². The Morgan fingerprint density at radius 3 is 2.33 bits per heavy atom. The standard InChI is InChI=1S/C17H20BrNO4S/c1-12(16-10-15(22-2)8-9-17(16)23-3)19-24(20,21)11-13-4-6-14(18)7-5-13/h4-10,12,19H,11H2,1-3H3/t12-/m1/s1. The highest BCUT2D eigenvalue weighted by molar-refractivity contribution is 9.10. The average Bonchev–Trinajstić information content (AvgIpc) is 2.55. The summed E-state index contributed by atoms with van der Waals surface area (Å²) in [7, 11) is -0.388. The Labute approximate surface area is 151 Å². The SMILES string of the molecule is COc1ccc(OC)c([C@@H](C)NS(=O)(=O)Cc2ccc(Br)cc2)c1. The molecule has 2 aromatic rings. The fourth-order valence-electron chi connectivity index (χ4n) is 2.35. The van der Waals surface area contributed by atoms with Crippen LogP contribution in [-0.2, 0) is 15.8 Å². The lowest BCUT2D eigenvalue weighted by atomic mass is 10.1. The highest BCUT2D eigenvalue weighted by Crippen LogP contribution is 2.29. The molecule has 130 valence electrons. The van der Waals surface area contributed by atoms with Crippen molar-refractivity contribution in [2.24, 2.45) is 0 Å². The number of rotatable bonds is 7. The van der Waals surface area contributed by atoms with Crippen LogP contribution in [0.5, 0.6) is 11.5 Å². The summed E-state index contributed by atoms with van der Waals surface area (Å²) in [4.78, 5) is 0. The fraction of sp³-hybridized carbons (Fsp3) is 0.294. The lowest BCUT2D eigenvalue weighted by molar-refractivity contribution is 0.395. The third kappa shape index (κ3) is 4.96. The van der Waals surface area contributed by atoms with Gasteiger partial charge >= 0.3 is 0 Å². The molecule has 0 aliphatic carbocycles. The number of ether oxygens (including phenoxy) is 2. The molecule has 0 unspecified atom stereocenters. The third-order valence-electron chi connectivity index (χ3n) is 3.53. The van der Waals surface area contributed by atoms with Crippen molar-refractivity contribution in [3.8, 4) is 11.5 Å². The topological polar surface area (TPSA) is 64.6 Å². The fourth-order valence-corrected chi connectivity index (χ4v) is 4.00. The molecule has 0 aliphatic heterocycles. The number of benzene rings is 2. The molecule has 24 heavy (non-hydrogen) atoms. The number of sulfonamides is 1. The van der Waals surface area contributed by atoms with Gasteiger partial charge in [0.25, 0.3) is 0 Å². The predicted molar refractivity (Wildman–Crippen MR) is 97.9 cm³/mol. The molecular formula is C17H20BrNO4S. The number of hydrogen-bond acceptors (Lipinski definition) is 4. The Bertz CT molecular complexity index is 791. The van der Waals surface area contributed by atoms with Gasteiger partial charge in [-0.15, -0.1) is 0 Å². The second kappa shape index (κ2) is 8.00. The van der Waals surface area contributed by atoms with Crippen LogP contribution in [0.15, 0.2) is 46.9 Å². The van der Waals surface area contributed by atoms with Gasteiger partial charge in [0.2, 0.25) is 10.0 Å². The Kier molecular flexibility index (Phi) is 6.26. The summed E-state index contributed by atoms with van der Waals surface area (Å²) in [6, 6.07) is 12.0. The van der Waals surface area contributed by atoms with Crippen LogP contribution in [0.3, 0.4) is 0 Å². The van der Waals surface area contributed by atoms with E-state index in [1.54, 1.807) is 51.5 Å². The molecule has 2 aromatic carbocycles. The van der Waals surface area contributed by atoms with Gasteiger partial charge in [0.1, 0.15) is 11.5 Å². The minimum Gasteiger partial charge on any atom is -0.497 e. The molecule has 7 heteroatoms. The summed E-state index contributed by atoms with van der Waals surface area (Å²) < 4.78 is 39.0. The summed E-state index contributed by atoms with van der Waals surface area (Å²) in [5.41, 5.74) is 1.44. The zero-order valence-electron chi connectivity index (χ0n) is 13.7. The first kappa shape index (κ1) is 18.8. The van der Waals surface area contributed by atoms with E-state index in [4.69, 9.17) is 9.47 Å². The molecular weight excluding hydrogens is 394 g/mol. The molecule has 1 N–H and O–H groups in total. The summed E-state index contributed by atoms with van der Waals surface area (Å²) in [5, 5.41) is 0. The number of nitrogens with one attached hydrogen (secondary N) is 1. The molecule has 0 aliphatic rings. The smallest absolute Gasteiger partial charge is 0.216 e. The quantitative estimate of drug-likeness (QED) is 0.752. The van der Waals surface area contributed by atoms with Gasteiger partial charge in [-0.1, -0.05) is 28.1 Å². The number of halogens is 1. The van der Waals surface area contributed by atoms with Crippen LogP contribution in [0, 0.1) is 0 Å². The van der Waals surface area contributed by atoms with Crippen LogP contribution in [0.25, 0.3) is 0 Å². The van der Waals surface area contributed by atoms with Crippen molar-refractivity contribution in [1.29, 1.82) is 0 Å². The van der Waals surface area contributed by atoms with E-state index in [1.165, 1.54) is 0 Å². The lowest BCUT2D eigenvalue weighted by Gasteiger charge is -2.18. The summed E-state index contributed by atoms with van der Waals surface area (Å²) in [6.45, 7) is 1.77. The van der Waals surface area contributed by atoms with Gasteiger partial charge in [0.15, 0.2) is 0 Å². The summed E-state index contributed by atoms with van der Waals surface area (Å²) >= 11 is 3.33. The van der Waals surface area contributed by atoms with Gasteiger partial charge in [-0.2, -0.15) is 0 Å². The normalized spacial score (nSPS) is 12.7. The van der Waals surface area contributed by atoms with Crippen molar-refractivity contribution >= 4 is 26.0 Å². The molecule has 0 saturated heterocycles. The molecule has 0 radical (unpaired) electrons. The van der Waals surface area contributed by atoms with Crippen LogP contribution in [0.1, 0.15) is 24.1 Å². The van der Waals surface area contributed by atoms with Crippen LogP contribution in [0.4, 0.5) is 0 Å². The van der Waals surface area contributed by atoms with Crippen molar-refractivity contribution in [3.63, 3.8) is 0 Å². The molecule has 1 atom stereocenters. The Balaban J connectivity index is 2.18. The van der Waals surface area contributed by atoms with Crippen LogP contribution >= 0.6 is 15.9 Å². The molecule has 2 rings (SSSR count). The van der Waals surface area contributed by atoms with Gasteiger partial charge in [0, 0.05) is 16.1 Å². The highest BCUT2D eigenvalue weighted by Gasteiger charge is 2.20. The van der Waals surface area contributed by atoms with E-state index >= 15 is 0 Å². The van der Waals surface area contributed by atoms with E-state index < -0.39 is 16.1 Å².